The summed E-state index contributed by atoms with van der Waals surface area (Å²) in [6, 6.07) is 7.33. The second-order valence-corrected chi connectivity index (χ2v) is 5.19. The summed E-state index contributed by atoms with van der Waals surface area (Å²) in [6.45, 7) is 1.69. The number of benzene rings is 1. The smallest absolute Gasteiger partial charge is 0.416 e. The van der Waals surface area contributed by atoms with Gasteiger partial charge in [0.05, 0.1) is 17.2 Å². The summed E-state index contributed by atoms with van der Waals surface area (Å²) in [5, 5.41) is 9.04. The van der Waals surface area contributed by atoms with E-state index in [4.69, 9.17) is 26.0 Å². The average molecular weight is 370 g/mol. The molecule has 0 N–H and O–H groups in total. The quantitative estimate of drug-likeness (QED) is 0.428. The van der Waals surface area contributed by atoms with Crippen LogP contribution in [0.15, 0.2) is 40.3 Å². The van der Waals surface area contributed by atoms with E-state index in [-0.39, 0.29) is 34.3 Å². The maximum absolute atomic E-state index is 12.8. The van der Waals surface area contributed by atoms with Gasteiger partial charge in [0.25, 0.3) is 0 Å². The molecule has 0 fully saturated rings. The molecular weight excluding hydrogens is 359 g/mol. The lowest BCUT2D eigenvalue weighted by molar-refractivity contribution is -0.138. The Hall–Kier alpha value is -2.72. The maximum atomic E-state index is 12.8. The minimum Gasteiger partial charge on any atom is -0.462 e. The molecule has 0 saturated heterocycles. The predicted octanol–water partition coefficient (Wildman–Crippen LogP) is 5.09. The third-order valence-corrected chi connectivity index (χ3v) is 3.42. The summed E-state index contributed by atoms with van der Waals surface area (Å²) >= 11 is 5.95. The van der Waals surface area contributed by atoms with Crippen molar-refractivity contribution in [3.05, 3.63) is 52.3 Å². The first-order valence-electron chi connectivity index (χ1n) is 7.02. The highest BCUT2D eigenvalue weighted by Gasteiger charge is 2.31. The molecule has 1 aromatic carbocycles. The van der Waals surface area contributed by atoms with Gasteiger partial charge >= 0.3 is 12.1 Å². The summed E-state index contributed by atoms with van der Waals surface area (Å²) in [4.78, 5) is 11.6. The Morgan fingerprint density at radius 2 is 2.08 bits per heavy atom. The summed E-state index contributed by atoms with van der Waals surface area (Å²) in [5.74, 6) is -0.642. The van der Waals surface area contributed by atoms with Crippen molar-refractivity contribution in [1.29, 1.82) is 5.26 Å². The van der Waals surface area contributed by atoms with Gasteiger partial charge in [0.2, 0.25) is 0 Å². The van der Waals surface area contributed by atoms with Crippen molar-refractivity contribution in [1.82, 2.24) is 0 Å². The first-order valence-corrected chi connectivity index (χ1v) is 7.40. The number of ether oxygens (including phenoxy) is 1. The van der Waals surface area contributed by atoms with E-state index in [0.29, 0.717) is 0 Å². The predicted molar refractivity (Wildman–Crippen MR) is 84.4 cm³/mol. The lowest BCUT2D eigenvalue weighted by atomic mass is 10.1. The van der Waals surface area contributed by atoms with Crippen molar-refractivity contribution < 1.29 is 27.1 Å². The molecule has 0 bridgehead atoms. The number of halogens is 4. The van der Waals surface area contributed by atoms with E-state index in [1.807, 2.05) is 0 Å². The molecule has 4 nitrogen and oxygen atoms in total. The highest BCUT2D eigenvalue weighted by Crippen LogP contribution is 2.36. The third-order valence-electron chi connectivity index (χ3n) is 3.09. The minimum absolute atomic E-state index is 0.0470. The normalized spacial score (nSPS) is 11.9. The van der Waals surface area contributed by atoms with E-state index in [0.717, 1.165) is 24.3 Å². The van der Waals surface area contributed by atoms with E-state index < -0.39 is 17.7 Å². The van der Waals surface area contributed by atoms with Crippen molar-refractivity contribution in [2.75, 3.05) is 6.61 Å². The number of nitrogens with zero attached hydrogens (tertiary/aromatic N) is 1. The number of hydrogen-bond donors (Lipinski definition) is 0. The molecule has 0 aliphatic rings. The number of furan rings is 1. The molecule has 0 atom stereocenters. The number of carbonyl (C=O) groups is 1. The standard InChI is InChI=1S/C17H11ClF3NO3/c1-2-24-16(23)10(9-22)7-12-4-6-15(25-12)13-8-11(17(19,20)21)3-5-14(13)18/h3-8H,2H2,1H3/b10-7-. The van der Waals surface area contributed by atoms with Crippen molar-refractivity contribution in [3.8, 4) is 17.4 Å². The Labute approximate surface area is 146 Å². The molecule has 0 aliphatic carbocycles. The summed E-state index contributed by atoms with van der Waals surface area (Å²) in [6.07, 6.45) is -3.38. The molecule has 0 amide bonds. The second kappa shape index (κ2) is 7.45. The van der Waals surface area contributed by atoms with Crippen LogP contribution in [0.5, 0.6) is 0 Å². The van der Waals surface area contributed by atoms with Crippen molar-refractivity contribution >= 4 is 23.6 Å². The number of carbonyl (C=O) groups excluding carboxylic acids is 1. The maximum Gasteiger partial charge on any atom is 0.416 e. The molecule has 1 heterocycles. The first kappa shape index (κ1) is 18.6. The summed E-state index contributed by atoms with van der Waals surface area (Å²) in [7, 11) is 0. The molecular formula is C17H11ClF3NO3. The molecule has 0 radical (unpaired) electrons. The molecule has 8 heteroatoms. The van der Waals surface area contributed by atoms with Crippen LogP contribution in [0.3, 0.4) is 0 Å². The van der Waals surface area contributed by atoms with E-state index in [2.05, 4.69) is 0 Å². The molecule has 0 saturated carbocycles. The first-order chi connectivity index (χ1) is 11.8. The number of rotatable bonds is 4. The van der Waals surface area contributed by atoms with Gasteiger partial charge in [-0.15, -0.1) is 0 Å². The Morgan fingerprint density at radius 1 is 1.36 bits per heavy atom. The summed E-state index contributed by atoms with van der Waals surface area (Å²) in [5.41, 5.74) is -1.12. The molecule has 0 spiro atoms. The average Bonchev–Trinajstić information content (AvgIpc) is 3.00. The second-order valence-electron chi connectivity index (χ2n) is 4.78. The van der Waals surface area contributed by atoms with Gasteiger partial charge in [-0.2, -0.15) is 18.4 Å². The minimum atomic E-state index is -4.52. The van der Waals surface area contributed by atoms with Crippen LogP contribution in [-0.4, -0.2) is 12.6 Å². The van der Waals surface area contributed by atoms with Crippen LogP contribution in [0.1, 0.15) is 18.2 Å². The van der Waals surface area contributed by atoms with Crippen LogP contribution in [0.25, 0.3) is 17.4 Å². The van der Waals surface area contributed by atoms with Gasteiger partial charge < -0.3 is 9.15 Å². The third kappa shape index (κ3) is 4.43. The zero-order chi connectivity index (χ0) is 18.6. The number of hydrogen-bond acceptors (Lipinski definition) is 4. The fraction of sp³-hybridized carbons (Fsp3) is 0.176. The Bertz CT molecular complexity index is 863. The number of alkyl halides is 3. The van der Waals surface area contributed by atoms with Gasteiger partial charge in [-0.1, -0.05) is 11.6 Å². The van der Waals surface area contributed by atoms with Gasteiger partial charge in [0, 0.05) is 11.6 Å². The summed E-state index contributed by atoms with van der Waals surface area (Å²) < 4.78 is 48.6. The van der Waals surface area contributed by atoms with E-state index in [1.54, 1.807) is 13.0 Å². The van der Waals surface area contributed by atoms with Gasteiger partial charge in [-0.3, -0.25) is 0 Å². The molecule has 0 aliphatic heterocycles. The van der Waals surface area contributed by atoms with Crippen LogP contribution in [-0.2, 0) is 15.7 Å². The highest BCUT2D eigenvalue weighted by atomic mass is 35.5. The molecule has 0 unspecified atom stereocenters. The van der Waals surface area contributed by atoms with Crippen LogP contribution in [0.4, 0.5) is 13.2 Å². The lowest BCUT2D eigenvalue weighted by Gasteiger charge is -2.09. The molecule has 1 aromatic heterocycles. The van der Waals surface area contributed by atoms with Crippen LogP contribution in [0.2, 0.25) is 5.02 Å². The molecule has 130 valence electrons. The highest BCUT2D eigenvalue weighted by molar-refractivity contribution is 6.33. The lowest BCUT2D eigenvalue weighted by Crippen LogP contribution is -2.05. The van der Waals surface area contributed by atoms with E-state index in [1.165, 1.54) is 12.1 Å². The zero-order valence-corrected chi connectivity index (χ0v) is 13.6. The molecule has 2 rings (SSSR count). The van der Waals surface area contributed by atoms with Gasteiger partial charge in [-0.05, 0) is 37.3 Å². The fourth-order valence-electron chi connectivity index (χ4n) is 1.95. The van der Waals surface area contributed by atoms with Crippen LogP contribution >= 0.6 is 11.6 Å². The molecule has 25 heavy (non-hydrogen) atoms. The van der Waals surface area contributed by atoms with Gasteiger partial charge in [0.1, 0.15) is 23.2 Å². The van der Waals surface area contributed by atoms with Crippen LogP contribution in [0, 0.1) is 11.3 Å². The topological polar surface area (TPSA) is 63.2 Å². The molecule has 2 aromatic rings. The number of esters is 1. The van der Waals surface area contributed by atoms with Crippen molar-refractivity contribution in [2.24, 2.45) is 0 Å². The largest absolute Gasteiger partial charge is 0.462 e. The van der Waals surface area contributed by atoms with E-state index in [9.17, 15) is 18.0 Å². The van der Waals surface area contributed by atoms with Crippen molar-refractivity contribution in [3.63, 3.8) is 0 Å². The van der Waals surface area contributed by atoms with Crippen LogP contribution < -0.4 is 0 Å². The Morgan fingerprint density at radius 3 is 2.68 bits per heavy atom. The Kier molecular flexibility index (Phi) is 5.55. The zero-order valence-electron chi connectivity index (χ0n) is 12.9. The van der Waals surface area contributed by atoms with E-state index >= 15 is 0 Å². The van der Waals surface area contributed by atoms with Gasteiger partial charge in [-0.25, -0.2) is 4.79 Å². The SMILES string of the molecule is CCOC(=O)/C(C#N)=C\c1ccc(-c2cc(C(F)(F)F)ccc2Cl)o1. The fourth-order valence-corrected chi connectivity index (χ4v) is 2.16. The number of nitriles is 1. The Balaban J connectivity index is 2.39. The monoisotopic (exact) mass is 369 g/mol. The van der Waals surface area contributed by atoms with Gasteiger partial charge in [0.15, 0.2) is 0 Å². The van der Waals surface area contributed by atoms with Crippen molar-refractivity contribution in [2.45, 2.75) is 13.1 Å².